The Bertz CT molecular complexity index is 433. The molecule has 0 saturated carbocycles. The van der Waals surface area contributed by atoms with Crippen LogP contribution in [0.25, 0.3) is 0 Å². The average Bonchev–Trinajstić information content (AvgIpc) is 2.45. The molecular weight excluding hydrogens is 276 g/mol. The minimum absolute atomic E-state index is 0. The lowest BCUT2D eigenvalue weighted by molar-refractivity contribution is 0.0685. The van der Waals surface area contributed by atoms with Gasteiger partial charge in [0.15, 0.2) is 0 Å². The summed E-state index contributed by atoms with van der Waals surface area (Å²) in [4.78, 5) is 22.3. The molecule has 0 aliphatic carbocycles. The number of nitrogens with one attached hydrogen (secondary N) is 1. The highest BCUT2D eigenvalue weighted by molar-refractivity contribution is 5.94. The topological polar surface area (TPSA) is 58.1 Å². The van der Waals surface area contributed by atoms with Crippen LogP contribution in [0.1, 0.15) is 35.3 Å². The van der Waals surface area contributed by atoms with Crippen molar-refractivity contribution >= 4 is 18.3 Å². The molecule has 2 heterocycles. The van der Waals surface area contributed by atoms with E-state index in [4.69, 9.17) is 0 Å². The highest BCUT2D eigenvalue weighted by Gasteiger charge is 2.24. The molecule has 1 aliphatic heterocycles. The van der Waals surface area contributed by atoms with Crippen LogP contribution in [0.5, 0.6) is 0 Å². The first-order chi connectivity index (χ1) is 9.22. The molecule has 0 atom stereocenters. The van der Waals surface area contributed by atoms with Crippen molar-refractivity contribution in [2.75, 3.05) is 26.7 Å². The lowest BCUT2D eigenvalue weighted by Crippen LogP contribution is -2.39. The largest absolute Gasteiger partial charge is 0.339 e. The predicted molar refractivity (Wildman–Crippen MR) is 81.2 cm³/mol. The van der Waals surface area contributed by atoms with Crippen LogP contribution in [0.15, 0.2) is 12.5 Å². The second-order valence-corrected chi connectivity index (χ2v) is 5.15. The average molecular weight is 299 g/mol. The third kappa shape index (κ3) is 4.15. The summed E-state index contributed by atoms with van der Waals surface area (Å²) < 4.78 is 0. The minimum atomic E-state index is 0. The zero-order valence-corrected chi connectivity index (χ0v) is 12.9. The monoisotopic (exact) mass is 298 g/mol. The van der Waals surface area contributed by atoms with E-state index in [1.54, 1.807) is 6.20 Å². The molecule has 1 aliphatic rings. The smallest absolute Gasteiger partial charge is 0.257 e. The van der Waals surface area contributed by atoms with Crippen molar-refractivity contribution in [1.82, 2.24) is 20.2 Å². The molecule has 1 aromatic heterocycles. The quantitative estimate of drug-likeness (QED) is 0.918. The van der Waals surface area contributed by atoms with Gasteiger partial charge < -0.3 is 10.2 Å². The van der Waals surface area contributed by atoms with Crippen LogP contribution in [0.3, 0.4) is 0 Å². The fourth-order valence-corrected chi connectivity index (χ4v) is 2.54. The number of likely N-dealkylation sites (tertiary alicyclic amines) is 1. The summed E-state index contributed by atoms with van der Waals surface area (Å²) in [7, 11) is 1.98. The van der Waals surface area contributed by atoms with E-state index >= 15 is 0 Å². The van der Waals surface area contributed by atoms with E-state index in [9.17, 15) is 4.79 Å². The number of aryl methyl sites for hydroxylation is 1. The fourth-order valence-electron chi connectivity index (χ4n) is 2.54. The molecule has 0 bridgehead atoms. The molecule has 5 nitrogen and oxygen atoms in total. The van der Waals surface area contributed by atoms with Gasteiger partial charge in [-0.15, -0.1) is 12.4 Å². The van der Waals surface area contributed by atoms with Gasteiger partial charge in [-0.25, -0.2) is 9.97 Å². The van der Waals surface area contributed by atoms with E-state index < -0.39 is 0 Å². The van der Waals surface area contributed by atoms with Gasteiger partial charge in [0.2, 0.25) is 0 Å². The van der Waals surface area contributed by atoms with Crippen molar-refractivity contribution in [3.05, 3.63) is 23.8 Å². The van der Waals surface area contributed by atoms with Gasteiger partial charge in [0, 0.05) is 19.3 Å². The Hall–Kier alpha value is -1.20. The van der Waals surface area contributed by atoms with E-state index in [-0.39, 0.29) is 18.3 Å². The standard InChI is InChI=1S/C14H22N4O.ClH/c1-11-13(9-16-10-17-11)14(19)18-7-4-12(5-8-18)3-6-15-2;/h9-10,12,15H,3-8H2,1-2H3;1H. The van der Waals surface area contributed by atoms with E-state index in [0.717, 1.165) is 44.1 Å². The Morgan fingerprint density at radius 2 is 2.15 bits per heavy atom. The number of piperidine rings is 1. The molecular formula is C14H23ClN4O. The van der Waals surface area contributed by atoms with Crippen molar-refractivity contribution < 1.29 is 4.79 Å². The number of carbonyl (C=O) groups excluding carboxylic acids is 1. The maximum atomic E-state index is 12.4. The maximum absolute atomic E-state index is 12.4. The molecule has 1 N–H and O–H groups in total. The van der Waals surface area contributed by atoms with Crippen molar-refractivity contribution in [1.29, 1.82) is 0 Å². The van der Waals surface area contributed by atoms with Gasteiger partial charge in [-0.2, -0.15) is 0 Å². The van der Waals surface area contributed by atoms with E-state index in [2.05, 4.69) is 15.3 Å². The number of amides is 1. The summed E-state index contributed by atoms with van der Waals surface area (Å²) in [5.41, 5.74) is 1.40. The Labute approximate surface area is 126 Å². The Kier molecular flexibility index (Phi) is 6.88. The number of nitrogens with zero attached hydrogens (tertiary/aromatic N) is 3. The number of hydrogen-bond acceptors (Lipinski definition) is 4. The second kappa shape index (κ2) is 8.17. The molecule has 20 heavy (non-hydrogen) atoms. The van der Waals surface area contributed by atoms with Crippen LogP contribution in [0, 0.1) is 12.8 Å². The molecule has 1 amide bonds. The molecule has 1 saturated heterocycles. The predicted octanol–water partition coefficient (Wildman–Crippen LogP) is 1.67. The lowest BCUT2D eigenvalue weighted by Gasteiger charge is -2.32. The van der Waals surface area contributed by atoms with Crippen LogP contribution in [0.2, 0.25) is 0 Å². The van der Waals surface area contributed by atoms with Gasteiger partial charge in [0.25, 0.3) is 5.91 Å². The SMILES string of the molecule is CNCCC1CCN(C(=O)c2cncnc2C)CC1.Cl. The van der Waals surface area contributed by atoms with Crippen LogP contribution >= 0.6 is 12.4 Å². The van der Waals surface area contributed by atoms with Gasteiger partial charge in [-0.3, -0.25) is 4.79 Å². The fraction of sp³-hybridized carbons (Fsp3) is 0.643. The zero-order chi connectivity index (χ0) is 13.7. The van der Waals surface area contributed by atoms with Gasteiger partial charge in [0.1, 0.15) is 6.33 Å². The van der Waals surface area contributed by atoms with Gasteiger partial charge in [-0.1, -0.05) is 0 Å². The molecule has 1 fully saturated rings. The second-order valence-electron chi connectivity index (χ2n) is 5.15. The number of aromatic nitrogens is 2. The van der Waals surface area contributed by atoms with Crippen molar-refractivity contribution in [2.24, 2.45) is 5.92 Å². The third-order valence-electron chi connectivity index (χ3n) is 3.85. The van der Waals surface area contributed by atoms with Crippen LogP contribution in [-0.4, -0.2) is 47.5 Å². The Morgan fingerprint density at radius 1 is 1.45 bits per heavy atom. The van der Waals surface area contributed by atoms with Crippen LogP contribution < -0.4 is 5.32 Å². The number of carbonyl (C=O) groups is 1. The van der Waals surface area contributed by atoms with E-state index in [1.807, 2.05) is 18.9 Å². The summed E-state index contributed by atoms with van der Waals surface area (Å²) in [6.45, 7) is 4.61. The van der Waals surface area contributed by atoms with Crippen molar-refractivity contribution in [3.63, 3.8) is 0 Å². The summed E-state index contributed by atoms with van der Waals surface area (Å²) in [5.74, 6) is 0.815. The molecule has 112 valence electrons. The molecule has 2 rings (SSSR count). The van der Waals surface area contributed by atoms with Gasteiger partial charge in [-0.05, 0) is 45.7 Å². The normalized spacial score (nSPS) is 15.8. The first-order valence-corrected chi connectivity index (χ1v) is 6.93. The Morgan fingerprint density at radius 3 is 2.75 bits per heavy atom. The highest BCUT2D eigenvalue weighted by Crippen LogP contribution is 2.21. The minimum Gasteiger partial charge on any atom is -0.339 e. The van der Waals surface area contributed by atoms with Gasteiger partial charge in [0.05, 0.1) is 11.3 Å². The summed E-state index contributed by atoms with van der Waals surface area (Å²) in [6.07, 6.45) is 6.50. The molecule has 0 spiro atoms. The first-order valence-electron chi connectivity index (χ1n) is 6.93. The molecule has 1 aromatic rings. The van der Waals surface area contributed by atoms with Crippen molar-refractivity contribution in [2.45, 2.75) is 26.2 Å². The summed E-state index contributed by atoms with van der Waals surface area (Å²) >= 11 is 0. The van der Waals surface area contributed by atoms with E-state index in [0.29, 0.717) is 5.56 Å². The number of halogens is 1. The molecule has 0 radical (unpaired) electrons. The van der Waals surface area contributed by atoms with Crippen LogP contribution in [0.4, 0.5) is 0 Å². The molecule has 6 heteroatoms. The molecule has 0 unspecified atom stereocenters. The van der Waals surface area contributed by atoms with Crippen molar-refractivity contribution in [3.8, 4) is 0 Å². The van der Waals surface area contributed by atoms with Crippen LogP contribution in [-0.2, 0) is 0 Å². The third-order valence-corrected chi connectivity index (χ3v) is 3.85. The Balaban J connectivity index is 0.00000200. The maximum Gasteiger partial charge on any atom is 0.257 e. The number of hydrogen-bond donors (Lipinski definition) is 1. The summed E-state index contributed by atoms with van der Waals surface area (Å²) in [6, 6.07) is 0. The highest BCUT2D eigenvalue weighted by atomic mass is 35.5. The summed E-state index contributed by atoms with van der Waals surface area (Å²) in [5, 5.41) is 3.19. The molecule has 0 aromatic carbocycles. The first kappa shape index (κ1) is 16.9. The van der Waals surface area contributed by atoms with E-state index in [1.165, 1.54) is 12.7 Å². The lowest BCUT2D eigenvalue weighted by atomic mass is 9.93. The van der Waals surface area contributed by atoms with Gasteiger partial charge >= 0.3 is 0 Å². The zero-order valence-electron chi connectivity index (χ0n) is 12.1. The number of rotatable bonds is 4.